The second-order valence-electron chi connectivity index (χ2n) is 3.77. The Morgan fingerprint density at radius 2 is 1.95 bits per heavy atom. The molecule has 0 N–H and O–H groups in total. The highest BCUT2D eigenvalue weighted by Gasteiger charge is 2.10. The fourth-order valence-electron chi connectivity index (χ4n) is 1.49. The molecule has 96 valence electrons. The lowest BCUT2D eigenvalue weighted by atomic mass is 10.2. The van der Waals surface area contributed by atoms with Gasteiger partial charge in [0.2, 0.25) is 0 Å². The van der Waals surface area contributed by atoms with Crippen LogP contribution in [-0.4, -0.2) is 15.7 Å². The van der Waals surface area contributed by atoms with E-state index in [0.29, 0.717) is 10.6 Å². The molecule has 5 nitrogen and oxygen atoms in total. The maximum Gasteiger partial charge on any atom is 0.269 e. The van der Waals surface area contributed by atoms with Crippen molar-refractivity contribution < 1.29 is 9.72 Å². The maximum atomic E-state index is 11.5. The average Bonchev–Trinajstić information content (AvgIpc) is 2.39. The Hall–Kier alpha value is -2.21. The van der Waals surface area contributed by atoms with E-state index in [4.69, 9.17) is 0 Å². The summed E-state index contributed by atoms with van der Waals surface area (Å²) in [7, 11) is 0. The summed E-state index contributed by atoms with van der Waals surface area (Å²) in [6.07, 6.45) is 1.61. The van der Waals surface area contributed by atoms with Crippen LogP contribution in [0.5, 0.6) is 0 Å². The van der Waals surface area contributed by atoms with Gasteiger partial charge in [-0.15, -0.1) is 0 Å². The number of ketones is 1. The third kappa shape index (κ3) is 3.17. The number of nitrogens with zero attached hydrogens (tertiary/aromatic N) is 2. The minimum atomic E-state index is -0.448. The van der Waals surface area contributed by atoms with Crippen molar-refractivity contribution in [1.82, 2.24) is 4.98 Å². The number of hydrogen-bond acceptors (Lipinski definition) is 5. The van der Waals surface area contributed by atoms with Crippen LogP contribution in [0.4, 0.5) is 5.69 Å². The van der Waals surface area contributed by atoms with Crippen molar-refractivity contribution in [3.8, 4) is 0 Å². The quantitative estimate of drug-likeness (QED) is 0.485. The van der Waals surface area contributed by atoms with E-state index in [9.17, 15) is 14.9 Å². The van der Waals surface area contributed by atoms with Gasteiger partial charge in [-0.1, -0.05) is 11.8 Å². The number of hydrogen-bond donors (Lipinski definition) is 0. The molecule has 0 fully saturated rings. The molecule has 1 aromatic carbocycles. The highest BCUT2D eigenvalue weighted by atomic mass is 32.2. The molecule has 0 unspecified atom stereocenters. The van der Waals surface area contributed by atoms with Gasteiger partial charge in [-0.05, 0) is 31.2 Å². The number of non-ortho nitro benzene ring substituents is 1. The summed E-state index contributed by atoms with van der Waals surface area (Å²) >= 11 is 1.31. The van der Waals surface area contributed by atoms with E-state index in [1.54, 1.807) is 30.5 Å². The number of carbonyl (C=O) groups excluding carboxylic acids is 1. The fourth-order valence-corrected chi connectivity index (χ4v) is 2.42. The van der Waals surface area contributed by atoms with Gasteiger partial charge >= 0.3 is 0 Å². The van der Waals surface area contributed by atoms with Crippen LogP contribution < -0.4 is 0 Å². The molecule has 1 aromatic heterocycles. The Morgan fingerprint density at radius 3 is 2.53 bits per heavy atom. The molecule has 0 spiro atoms. The third-order valence-corrected chi connectivity index (χ3v) is 3.44. The molecule has 0 aliphatic carbocycles. The van der Waals surface area contributed by atoms with Crippen molar-refractivity contribution in [2.75, 3.05) is 0 Å². The number of nitro benzene ring substituents is 1. The van der Waals surface area contributed by atoms with Crippen LogP contribution in [-0.2, 0) is 0 Å². The molecular formula is C13H10N2O3S. The van der Waals surface area contributed by atoms with Gasteiger partial charge in [0.1, 0.15) is 5.03 Å². The molecule has 6 heteroatoms. The van der Waals surface area contributed by atoms with E-state index in [-0.39, 0.29) is 11.5 Å². The van der Waals surface area contributed by atoms with E-state index in [1.165, 1.54) is 30.8 Å². The van der Waals surface area contributed by atoms with Gasteiger partial charge in [0.05, 0.1) is 4.92 Å². The van der Waals surface area contributed by atoms with E-state index in [1.807, 2.05) is 0 Å². The molecule has 0 saturated heterocycles. The number of carbonyl (C=O) groups is 1. The number of aromatic nitrogens is 1. The van der Waals surface area contributed by atoms with E-state index < -0.39 is 4.92 Å². The van der Waals surface area contributed by atoms with Crippen LogP contribution >= 0.6 is 11.8 Å². The zero-order valence-electron chi connectivity index (χ0n) is 10.1. The smallest absolute Gasteiger partial charge is 0.269 e. The summed E-state index contributed by atoms with van der Waals surface area (Å²) in [5.41, 5.74) is 0.586. The molecule has 2 rings (SSSR count). The lowest BCUT2D eigenvalue weighted by Crippen LogP contribution is -1.96. The van der Waals surface area contributed by atoms with Crippen LogP contribution in [0.1, 0.15) is 17.3 Å². The molecule has 1 heterocycles. The highest BCUT2D eigenvalue weighted by molar-refractivity contribution is 7.99. The molecule has 0 atom stereocenters. The van der Waals surface area contributed by atoms with Crippen LogP contribution in [0.15, 0.2) is 52.5 Å². The molecule has 0 amide bonds. The number of benzene rings is 1. The monoisotopic (exact) mass is 274 g/mol. The molecule has 0 aliphatic rings. The van der Waals surface area contributed by atoms with Crippen LogP contribution in [0.3, 0.4) is 0 Å². The Balaban J connectivity index is 2.26. The number of rotatable bonds is 4. The minimum Gasteiger partial charge on any atom is -0.294 e. The van der Waals surface area contributed by atoms with E-state index in [0.717, 1.165) is 4.90 Å². The fraction of sp³-hybridized carbons (Fsp3) is 0.0769. The van der Waals surface area contributed by atoms with Gasteiger partial charge in [0.25, 0.3) is 5.69 Å². The number of pyridine rings is 1. The van der Waals surface area contributed by atoms with Gasteiger partial charge in [-0.2, -0.15) is 0 Å². The predicted molar refractivity (Wildman–Crippen MR) is 71.5 cm³/mol. The summed E-state index contributed by atoms with van der Waals surface area (Å²) in [6.45, 7) is 1.48. The van der Waals surface area contributed by atoms with Crippen molar-refractivity contribution in [1.29, 1.82) is 0 Å². The second-order valence-corrected chi connectivity index (χ2v) is 4.83. The van der Waals surface area contributed by atoms with Crippen LogP contribution in [0.25, 0.3) is 0 Å². The zero-order valence-corrected chi connectivity index (χ0v) is 10.9. The predicted octanol–water partition coefficient (Wildman–Crippen LogP) is 3.34. The standard InChI is InChI=1S/C13H10N2O3S/c1-9(16)12-3-2-8-14-13(12)19-11-6-4-10(5-7-11)15(17)18/h2-8H,1H3. The first-order valence-corrected chi connectivity index (χ1v) is 6.28. The molecule has 0 bridgehead atoms. The minimum absolute atomic E-state index is 0.0390. The molecule has 19 heavy (non-hydrogen) atoms. The van der Waals surface area contributed by atoms with Gasteiger partial charge in [-0.3, -0.25) is 14.9 Å². The summed E-state index contributed by atoms with van der Waals surface area (Å²) in [5.74, 6) is -0.0579. The average molecular weight is 274 g/mol. The molecular weight excluding hydrogens is 264 g/mol. The Morgan fingerprint density at radius 1 is 1.26 bits per heavy atom. The SMILES string of the molecule is CC(=O)c1cccnc1Sc1ccc([N+](=O)[O-])cc1. The topological polar surface area (TPSA) is 73.1 Å². The Labute approximate surface area is 113 Å². The summed E-state index contributed by atoms with van der Waals surface area (Å²) in [6, 6.07) is 9.56. The summed E-state index contributed by atoms with van der Waals surface area (Å²) in [4.78, 5) is 26.5. The van der Waals surface area contributed by atoms with Gasteiger partial charge in [0.15, 0.2) is 5.78 Å². The number of Topliss-reactive ketones (excluding diaryl/α,β-unsaturated/α-hetero) is 1. The van der Waals surface area contributed by atoms with Crippen molar-refractivity contribution in [3.63, 3.8) is 0 Å². The van der Waals surface area contributed by atoms with Crippen molar-refractivity contribution >= 4 is 23.2 Å². The van der Waals surface area contributed by atoms with E-state index in [2.05, 4.69) is 4.98 Å². The lowest BCUT2D eigenvalue weighted by Gasteiger charge is -2.04. The normalized spacial score (nSPS) is 10.2. The Kier molecular flexibility index (Phi) is 3.91. The molecule has 2 aromatic rings. The largest absolute Gasteiger partial charge is 0.294 e. The third-order valence-electron chi connectivity index (χ3n) is 2.41. The van der Waals surface area contributed by atoms with Gasteiger partial charge in [0, 0.05) is 28.8 Å². The Bertz CT molecular complexity index is 626. The first-order valence-electron chi connectivity index (χ1n) is 5.46. The molecule has 0 aliphatic heterocycles. The summed E-state index contributed by atoms with van der Waals surface area (Å²) < 4.78 is 0. The van der Waals surface area contributed by atoms with Gasteiger partial charge in [-0.25, -0.2) is 4.98 Å². The van der Waals surface area contributed by atoms with Crippen molar-refractivity contribution in [2.24, 2.45) is 0 Å². The molecule has 0 saturated carbocycles. The first kappa shape index (κ1) is 13.2. The molecule has 0 radical (unpaired) electrons. The zero-order chi connectivity index (χ0) is 13.8. The highest BCUT2D eigenvalue weighted by Crippen LogP contribution is 2.29. The maximum absolute atomic E-state index is 11.5. The van der Waals surface area contributed by atoms with E-state index >= 15 is 0 Å². The second kappa shape index (κ2) is 5.62. The lowest BCUT2D eigenvalue weighted by molar-refractivity contribution is -0.384. The van der Waals surface area contributed by atoms with Crippen LogP contribution in [0, 0.1) is 10.1 Å². The number of nitro groups is 1. The first-order chi connectivity index (χ1) is 9.08. The van der Waals surface area contributed by atoms with Crippen LogP contribution in [0.2, 0.25) is 0 Å². The van der Waals surface area contributed by atoms with Crippen molar-refractivity contribution in [3.05, 3.63) is 58.3 Å². The van der Waals surface area contributed by atoms with Gasteiger partial charge < -0.3 is 0 Å². The summed E-state index contributed by atoms with van der Waals surface area (Å²) in [5, 5.41) is 11.2. The van der Waals surface area contributed by atoms with Crippen molar-refractivity contribution in [2.45, 2.75) is 16.8 Å².